The predicted octanol–water partition coefficient (Wildman–Crippen LogP) is -0.869. The first-order valence-corrected chi connectivity index (χ1v) is 6.51. The van der Waals surface area contributed by atoms with Crippen LogP contribution in [0.4, 0.5) is 0 Å². The summed E-state index contributed by atoms with van der Waals surface area (Å²) < 4.78 is 21.5. The lowest BCUT2D eigenvalue weighted by Gasteiger charge is -2.14. The van der Waals surface area contributed by atoms with Gasteiger partial charge in [0.25, 0.3) is 0 Å². The van der Waals surface area contributed by atoms with Crippen molar-refractivity contribution in [2.24, 2.45) is 11.7 Å². The number of carbonyl (C=O) groups is 1. The lowest BCUT2D eigenvalue weighted by atomic mass is 10.0. The average molecular weight is 222 g/mol. The number of nitrogens with one attached hydrogen (secondary N) is 1. The van der Waals surface area contributed by atoms with Gasteiger partial charge in [0.2, 0.25) is 5.91 Å². The molecule has 2 unspecified atom stereocenters. The SMILES string of the molecule is CC(N)C(C)C(=O)NCCS(C)(=O)=O. The number of hydrogen-bond donors (Lipinski definition) is 2. The maximum absolute atomic E-state index is 11.3. The minimum atomic E-state index is -3.01. The lowest BCUT2D eigenvalue weighted by molar-refractivity contribution is -0.124. The normalized spacial score (nSPS) is 16.0. The van der Waals surface area contributed by atoms with Crippen LogP contribution in [-0.4, -0.2) is 38.9 Å². The Hall–Kier alpha value is -0.620. The van der Waals surface area contributed by atoms with Gasteiger partial charge in [0, 0.05) is 24.8 Å². The van der Waals surface area contributed by atoms with Gasteiger partial charge >= 0.3 is 0 Å². The molecule has 0 saturated carbocycles. The second kappa shape index (κ2) is 5.31. The summed E-state index contributed by atoms with van der Waals surface area (Å²) >= 11 is 0. The van der Waals surface area contributed by atoms with E-state index in [4.69, 9.17) is 5.73 Å². The van der Waals surface area contributed by atoms with Crippen LogP contribution >= 0.6 is 0 Å². The summed E-state index contributed by atoms with van der Waals surface area (Å²) in [6, 6.07) is -0.228. The summed E-state index contributed by atoms with van der Waals surface area (Å²) in [5.41, 5.74) is 5.52. The fraction of sp³-hybridized carbons (Fsp3) is 0.875. The predicted molar refractivity (Wildman–Crippen MR) is 55.5 cm³/mol. The van der Waals surface area contributed by atoms with Crippen LogP contribution in [0, 0.1) is 5.92 Å². The molecule has 0 bridgehead atoms. The first kappa shape index (κ1) is 13.4. The molecule has 0 radical (unpaired) electrons. The van der Waals surface area contributed by atoms with Crippen molar-refractivity contribution in [3.8, 4) is 0 Å². The quantitative estimate of drug-likeness (QED) is 0.633. The molecule has 0 aromatic carbocycles. The van der Waals surface area contributed by atoms with Gasteiger partial charge in [-0.2, -0.15) is 0 Å². The number of carbonyl (C=O) groups excluding carboxylic acids is 1. The van der Waals surface area contributed by atoms with Crippen LogP contribution in [0.2, 0.25) is 0 Å². The van der Waals surface area contributed by atoms with E-state index in [1.54, 1.807) is 13.8 Å². The lowest BCUT2D eigenvalue weighted by Crippen LogP contribution is -2.40. The zero-order valence-corrected chi connectivity index (χ0v) is 9.60. The minimum absolute atomic E-state index is 0.0373. The van der Waals surface area contributed by atoms with E-state index < -0.39 is 9.84 Å². The highest BCUT2D eigenvalue weighted by molar-refractivity contribution is 7.90. The fourth-order valence-electron chi connectivity index (χ4n) is 0.759. The molecular weight excluding hydrogens is 204 g/mol. The third kappa shape index (κ3) is 5.93. The van der Waals surface area contributed by atoms with Crippen molar-refractivity contribution in [1.29, 1.82) is 0 Å². The Kier molecular flexibility index (Phi) is 5.07. The maximum Gasteiger partial charge on any atom is 0.224 e. The van der Waals surface area contributed by atoms with E-state index in [0.717, 1.165) is 6.26 Å². The van der Waals surface area contributed by atoms with Gasteiger partial charge in [-0.25, -0.2) is 8.42 Å². The molecule has 0 spiro atoms. The van der Waals surface area contributed by atoms with Gasteiger partial charge in [0.15, 0.2) is 0 Å². The second-order valence-corrected chi connectivity index (χ2v) is 5.83. The van der Waals surface area contributed by atoms with Crippen molar-refractivity contribution in [1.82, 2.24) is 5.32 Å². The highest BCUT2D eigenvalue weighted by Crippen LogP contribution is 1.98. The largest absolute Gasteiger partial charge is 0.355 e. The first-order valence-electron chi connectivity index (χ1n) is 4.45. The molecule has 0 fully saturated rings. The van der Waals surface area contributed by atoms with E-state index >= 15 is 0 Å². The standard InChI is InChI=1S/C8H18N2O3S/c1-6(7(2)9)8(11)10-4-5-14(3,12)13/h6-7H,4-5,9H2,1-3H3,(H,10,11). The highest BCUT2D eigenvalue weighted by Gasteiger charge is 2.16. The van der Waals surface area contributed by atoms with E-state index in [1.165, 1.54) is 0 Å². The van der Waals surface area contributed by atoms with Gasteiger partial charge in [0.05, 0.1) is 5.75 Å². The third-order valence-corrected chi connectivity index (χ3v) is 2.92. The Morgan fingerprint density at radius 1 is 1.43 bits per heavy atom. The van der Waals surface area contributed by atoms with Crippen LogP contribution in [-0.2, 0) is 14.6 Å². The summed E-state index contributed by atoms with van der Waals surface area (Å²) in [6.07, 6.45) is 1.13. The van der Waals surface area contributed by atoms with E-state index in [0.29, 0.717) is 0 Å². The van der Waals surface area contributed by atoms with Gasteiger partial charge < -0.3 is 11.1 Å². The Balaban J connectivity index is 3.87. The summed E-state index contributed by atoms with van der Waals surface area (Å²) in [5, 5.41) is 2.52. The molecule has 0 heterocycles. The molecule has 0 aromatic rings. The summed E-state index contributed by atoms with van der Waals surface area (Å²) in [6.45, 7) is 3.59. The van der Waals surface area contributed by atoms with Gasteiger partial charge in [0.1, 0.15) is 9.84 Å². The smallest absolute Gasteiger partial charge is 0.224 e. The molecule has 5 nitrogen and oxygen atoms in total. The van der Waals surface area contributed by atoms with Crippen molar-refractivity contribution in [2.45, 2.75) is 19.9 Å². The van der Waals surface area contributed by atoms with E-state index in [2.05, 4.69) is 5.32 Å². The molecule has 1 amide bonds. The molecule has 84 valence electrons. The maximum atomic E-state index is 11.3. The Morgan fingerprint density at radius 2 is 1.93 bits per heavy atom. The number of nitrogens with two attached hydrogens (primary N) is 1. The molecule has 0 aliphatic carbocycles. The molecule has 2 atom stereocenters. The number of hydrogen-bond acceptors (Lipinski definition) is 4. The van der Waals surface area contributed by atoms with Crippen LogP contribution in [0.5, 0.6) is 0 Å². The van der Waals surface area contributed by atoms with Crippen LogP contribution < -0.4 is 11.1 Å². The van der Waals surface area contributed by atoms with Gasteiger partial charge in [-0.15, -0.1) is 0 Å². The zero-order valence-electron chi connectivity index (χ0n) is 8.78. The molecular formula is C8H18N2O3S. The monoisotopic (exact) mass is 222 g/mol. The molecule has 0 aliphatic heterocycles. The number of amides is 1. The minimum Gasteiger partial charge on any atom is -0.355 e. The topological polar surface area (TPSA) is 89.3 Å². The van der Waals surface area contributed by atoms with Crippen molar-refractivity contribution >= 4 is 15.7 Å². The molecule has 0 aliphatic rings. The van der Waals surface area contributed by atoms with Crippen molar-refractivity contribution in [3.63, 3.8) is 0 Å². The summed E-state index contributed by atoms with van der Waals surface area (Å²) in [5.74, 6) is -0.539. The fourth-order valence-corrected chi connectivity index (χ4v) is 1.23. The molecule has 0 rings (SSSR count). The zero-order chi connectivity index (χ0) is 11.4. The average Bonchev–Trinajstić information content (AvgIpc) is 2.00. The number of rotatable bonds is 5. The van der Waals surface area contributed by atoms with E-state index in [-0.39, 0.29) is 30.2 Å². The van der Waals surface area contributed by atoms with Crippen LogP contribution in [0.15, 0.2) is 0 Å². The highest BCUT2D eigenvalue weighted by atomic mass is 32.2. The number of sulfone groups is 1. The first-order chi connectivity index (χ1) is 6.24. The molecule has 0 aromatic heterocycles. The second-order valence-electron chi connectivity index (χ2n) is 3.57. The third-order valence-electron chi connectivity index (χ3n) is 1.97. The summed E-state index contributed by atoms with van der Waals surface area (Å²) in [7, 11) is -3.01. The van der Waals surface area contributed by atoms with Crippen molar-refractivity contribution in [2.75, 3.05) is 18.6 Å². The van der Waals surface area contributed by atoms with Crippen LogP contribution in [0.3, 0.4) is 0 Å². The van der Waals surface area contributed by atoms with Crippen molar-refractivity contribution < 1.29 is 13.2 Å². The van der Waals surface area contributed by atoms with Crippen LogP contribution in [0.25, 0.3) is 0 Å². The molecule has 6 heteroatoms. The summed E-state index contributed by atoms with van der Waals surface area (Å²) in [4.78, 5) is 11.3. The Morgan fingerprint density at radius 3 is 2.29 bits per heavy atom. The molecule has 14 heavy (non-hydrogen) atoms. The molecule has 3 N–H and O–H groups in total. The Bertz CT molecular complexity index is 285. The van der Waals surface area contributed by atoms with Crippen LogP contribution in [0.1, 0.15) is 13.8 Å². The van der Waals surface area contributed by atoms with Gasteiger partial charge in [-0.05, 0) is 6.92 Å². The Labute approximate surface area is 85.0 Å². The van der Waals surface area contributed by atoms with Crippen molar-refractivity contribution in [3.05, 3.63) is 0 Å². The van der Waals surface area contributed by atoms with Gasteiger partial charge in [-0.3, -0.25) is 4.79 Å². The van der Waals surface area contributed by atoms with Gasteiger partial charge in [-0.1, -0.05) is 6.92 Å². The van der Waals surface area contributed by atoms with E-state index in [1.807, 2.05) is 0 Å². The molecule has 0 saturated heterocycles. The van der Waals surface area contributed by atoms with E-state index in [9.17, 15) is 13.2 Å².